The summed E-state index contributed by atoms with van der Waals surface area (Å²) in [6, 6.07) is 34.4. The summed E-state index contributed by atoms with van der Waals surface area (Å²) in [5.41, 5.74) is 5.95. The maximum atomic E-state index is 5.39. The number of para-hydroxylation sites is 1. The molecule has 1 aromatic heterocycles. The first-order chi connectivity index (χ1) is 18.2. The minimum atomic E-state index is -0.0622. The van der Waals surface area contributed by atoms with Crippen LogP contribution >= 0.6 is 0 Å². The highest BCUT2D eigenvalue weighted by Crippen LogP contribution is 2.38. The van der Waals surface area contributed by atoms with E-state index in [1.54, 1.807) is 14.2 Å². The zero-order chi connectivity index (χ0) is 25.2. The van der Waals surface area contributed by atoms with Crippen molar-refractivity contribution in [3.63, 3.8) is 0 Å². The van der Waals surface area contributed by atoms with Gasteiger partial charge in [-0.2, -0.15) is 5.10 Å². The normalized spacial score (nSPS) is 15.0. The predicted molar refractivity (Wildman–Crippen MR) is 147 cm³/mol. The average Bonchev–Trinajstić information content (AvgIpc) is 3.43. The minimum absolute atomic E-state index is 0.0622. The van der Waals surface area contributed by atoms with Gasteiger partial charge < -0.3 is 9.47 Å². The minimum Gasteiger partial charge on any atom is -0.497 e. The Kier molecular flexibility index (Phi) is 5.98. The number of methoxy groups -OCH3 is 2. The maximum absolute atomic E-state index is 5.39. The Labute approximate surface area is 215 Å². The molecule has 0 N–H and O–H groups in total. The summed E-state index contributed by atoms with van der Waals surface area (Å²) in [6.07, 6.45) is 0.718. The Balaban J connectivity index is 1.49. The molecule has 1 atom stereocenters. The first-order valence-corrected chi connectivity index (χ1v) is 12.2. The van der Waals surface area contributed by atoms with Crippen LogP contribution in [0.15, 0.2) is 108 Å². The zero-order valence-corrected chi connectivity index (χ0v) is 20.7. The maximum Gasteiger partial charge on any atom is 0.247 e. The van der Waals surface area contributed by atoms with Crippen molar-refractivity contribution in [1.29, 1.82) is 0 Å². The molecule has 0 fully saturated rings. The van der Waals surface area contributed by atoms with Crippen molar-refractivity contribution in [3.8, 4) is 22.8 Å². The van der Waals surface area contributed by atoms with Gasteiger partial charge in [0.15, 0.2) is 0 Å². The molecule has 1 aliphatic rings. The summed E-state index contributed by atoms with van der Waals surface area (Å²) in [6.45, 7) is 0. The Bertz CT molecular complexity index is 1570. The lowest BCUT2D eigenvalue weighted by molar-refractivity contribution is 0.414. The molecular formula is C31H26N4O2. The summed E-state index contributed by atoms with van der Waals surface area (Å²) in [7, 11) is 3.35. The van der Waals surface area contributed by atoms with Gasteiger partial charge in [-0.3, -0.25) is 0 Å². The number of rotatable bonds is 6. The first-order valence-electron chi connectivity index (χ1n) is 12.2. The van der Waals surface area contributed by atoms with Gasteiger partial charge in [-0.05, 0) is 53.6 Å². The summed E-state index contributed by atoms with van der Waals surface area (Å²) in [5.74, 6) is 2.20. The lowest BCUT2D eigenvalue weighted by Gasteiger charge is -2.23. The molecule has 4 aromatic carbocycles. The standard InChI is InChI=1S/C31H26N4O2/c1-36-24-16-12-21(13-17-24)28-20-29(22-14-18-25(37-2)19-15-22)35(34-28)31-32-27-11-7-6-10-26(27)30(33-31)23-8-4-3-5-9-23/h3-19,29H,20H2,1-2H3/t29-/m1/s1. The van der Waals surface area contributed by atoms with Gasteiger partial charge in [-0.25, -0.2) is 15.0 Å². The lowest BCUT2D eigenvalue weighted by Crippen LogP contribution is -2.21. The van der Waals surface area contributed by atoms with Crippen molar-refractivity contribution in [2.24, 2.45) is 5.10 Å². The van der Waals surface area contributed by atoms with Crippen molar-refractivity contribution in [2.75, 3.05) is 19.2 Å². The number of anilines is 1. The zero-order valence-electron chi connectivity index (χ0n) is 20.7. The fraction of sp³-hybridized carbons (Fsp3) is 0.129. The van der Waals surface area contributed by atoms with Crippen LogP contribution in [-0.4, -0.2) is 29.9 Å². The third-order valence-corrected chi connectivity index (χ3v) is 6.68. The molecule has 0 spiro atoms. The quantitative estimate of drug-likeness (QED) is 0.268. The van der Waals surface area contributed by atoms with E-state index in [-0.39, 0.29) is 6.04 Å². The van der Waals surface area contributed by atoms with E-state index in [1.165, 1.54) is 0 Å². The van der Waals surface area contributed by atoms with Crippen LogP contribution in [0.4, 0.5) is 5.95 Å². The molecule has 182 valence electrons. The van der Waals surface area contributed by atoms with Crippen LogP contribution in [0.1, 0.15) is 23.6 Å². The fourth-order valence-electron chi connectivity index (χ4n) is 4.72. The second-order valence-corrected chi connectivity index (χ2v) is 8.87. The van der Waals surface area contributed by atoms with Crippen molar-refractivity contribution in [2.45, 2.75) is 12.5 Å². The number of nitrogens with zero attached hydrogens (tertiary/aromatic N) is 4. The van der Waals surface area contributed by atoms with Crippen molar-refractivity contribution < 1.29 is 9.47 Å². The van der Waals surface area contributed by atoms with Crippen LogP contribution in [0.5, 0.6) is 11.5 Å². The molecule has 5 aromatic rings. The molecule has 0 bridgehead atoms. The van der Waals surface area contributed by atoms with Gasteiger partial charge >= 0.3 is 0 Å². The molecule has 0 amide bonds. The van der Waals surface area contributed by atoms with Crippen molar-refractivity contribution in [3.05, 3.63) is 114 Å². The number of ether oxygens (including phenoxy) is 2. The molecule has 6 heteroatoms. The highest BCUT2D eigenvalue weighted by Gasteiger charge is 2.32. The molecule has 6 nitrogen and oxygen atoms in total. The van der Waals surface area contributed by atoms with E-state index in [2.05, 4.69) is 30.3 Å². The molecule has 0 radical (unpaired) electrons. The third kappa shape index (κ3) is 4.38. The van der Waals surface area contributed by atoms with Crippen LogP contribution in [0.2, 0.25) is 0 Å². The number of hydrogen-bond donors (Lipinski definition) is 0. The van der Waals surface area contributed by atoms with Crippen molar-refractivity contribution in [1.82, 2.24) is 9.97 Å². The highest BCUT2D eigenvalue weighted by molar-refractivity contribution is 6.03. The van der Waals surface area contributed by atoms with Gasteiger partial charge in [-0.1, -0.05) is 60.7 Å². The number of fused-ring (bicyclic) bond motifs is 1. The van der Waals surface area contributed by atoms with E-state index in [0.29, 0.717) is 5.95 Å². The predicted octanol–water partition coefficient (Wildman–Crippen LogP) is 6.67. The lowest BCUT2D eigenvalue weighted by atomic mass is 9.98. The molecule has 6 rings (SSSR count). The van der Waals surface area contributed by atoms with Crippen LogP contribution in [0.25, 0.3) is 22.2 Å². The monoisotopic (exact) mass is 486 g/mol. The summed E-state index contributed by atoms with van der Waals surface area (Å²) in [4.78, 5) is 10.1. The van der Waals surface area contributed by atoms with Crippen molar-refractivity contribution >= 4 is 22.6 Å². The van der Waals surface area contributed by atoms with Gasteiger partial charge in [0.1, 0.15) is 11.5 Å². The van der Waals surface area contributed by atoms with E-state index in [0.717, 1.165) is 56.9 Å². The van der Waals surface area contributed by atoms with Crippen LogP contribution < -0.4 is 14.5 Å². The van der Waals surface area contributed by atoms with Gasteiger partial charge in [0.05, 0.1) is 37.2 Å². The molecule has 0 saturated carbocycles. The third-order valence-electron chi connectivity index (χ3n) is 6.68. The van der Waals surface area contributed by atoms with Gasteiger partial charge in [0, 0.05) is 17.4 Å². The van der Waals surface area contributed by atoms with Gasteiger partial charge in [0.25, 0.3) is 0 Å². The molecule has 2 heterocycles. The average molecular weight is 487 g/mol. The van der Waals surface area contributed by atoms with Crippen LogP contribution in [0.3, 0.4) is 0 Å². The summed E-state index contributed by atoms with van der Waals surface area (Å²) in [5, 5.41) is 8.05. The Morgan fingerprint density at radius 3 is 2.03 bits per heavy atom. The molecular weight excluding hydrogens is 460 g/mol. The SMILES string of the molecule is COc1ccc(C2=NN(c3nc(-c4ccccc4)c4ccccc4n3)[C@@H](c3ccc(OC)cc3)C2)cc1. The fourth-order valence-corrected chi connectivity index (χ4v) is 4.72. The number of hydrazone groups is 1. The Hall–Kier alpha value is -4.71. The topological polar surface area (TPSA) is 59.8 Å². The molecule has 0 unspecified atom stereocenters. The smallest absolute Gasteiger partial charge is 0.247 e. The first kappa shape index (κ1) is 22.7. The number of benzene rings is 4. The Morgan fingerprint density at radius 1 is 0.676 bits per heavy atom. The molecule has 1 aliphatic heterocycles. The molecule has 0 aliphatic carbocycles. The van der Waals surface area contributed by atoms with E-state index < -0.39 is 0 Å². The second kappa shape index (κ2) is 9.74. The summed E-state index contributed by atoms with van der Waals surface area (Å²) < 4.78 is 10.7. The molecule has 37 heavy (non-hydrogen) atoms. The summed E-state index contributed by atoms with van der Waals surface area (Å²) >= 11 is 0. The van der Waals surface area contributed by atoms with Gasteiger partial charge in [-0.15, -0.1) is 0 Å². The van der Waals surface area contributed by atoms with E-state index in [1.807, 2.05) is 77.8 Å². The van der Waals surface area contributed by atoms with Gasteiger partial charge in [0.2, 0.25) is 5.95 Å². The molecule has 0 saturated heterocycles. The highest BCUT2D eigenvalue weighted by atomic mass is 16.5. The second-order valence-electron chi connectivity index (χ2n) is 8.87. The van der Waals surface area contributed by atoms with E-state index in [9.17, 15) is 0 Å². The number of aromatic nitrogens is 2. The largest absolute Gasteiger partial charge is 0.497 e. The van der Waals surface area contributed by atoms with E-state index in [4.69, 9.17) is 24.5 Å². The van der Waals surface area contributed by atoms with Crippen LogP contribution in [0, 0.1) is 0 Å². The van der Waals surface area contributed by atoms with Crippen LogP contribution in [-0.2, 0) is 0 Å². The number of hydrogen-bond acceptors (Lipinski definition) is 6. The van der Waals surface area contributed by atoms with E-state index >= 15 is 0 Å². The Morgan fingerprint density at radius 2 is 1.32 bits per heavy atom.